The number of rotatable bonds is 4. The van der Waals surface area contributed by atoms with Gasteiger partial charge in [-0.15, -0.1) is 0 Å². The Morgan fingerprint density at radius 1 is 1.19 bits per heavy atom. The molecule has 0 aliphatic carbocycles. The lowest BCUT2D eigenvalue weighted by Crippen LogP contribution is -2.16. The molecular formula is C14H12FNO4S. The second-order valence-electron chi connectivity index (χ2n) is 4.31. The van der Waals surface area contributed by atoms with Gasteiger partial charge in [-0.2, -0.15) is 8.42 Å². The number of carbonyl (C=O) groups is 1. The molecule has 2 aromatic carbocycles. The van der Waals surface area contributed by atoms with Gasteiger partial charge in [-0.3, -0.25) is 4.79 Å². The summed E-state index contributed by atoms with van der Waals surface area (Å²) in [6.07, 6.45) is 0. The minimum absolute atomic E-state index is 0.0556. The van der Waals surface area contributed by atoms with Crippen molar-refractivity contribution in [1.29, 1.82) is 0 Å². The third-order valence-electron chi connectivity index (χ3n) is 2.77. The molecule has 110 valence electrons. The topological polar surface area (TPSA) is 86.5 Å². The van der Waals surface area contributed by atoms with Crippen molar-refractivity contribution in [3.63, 3.8) is 0 Å². The Bertz CT molecular complexity index is 802. The van der Waals surface area contributed by atoms with Gasteiger partial charge in [0.1, 0.15) is 10.7 Å². The van der Waals surface area contributed by atoms with E-state index >= 15 is 0 Å². The molecular weight excluding hydrogens is 297 g/mol. The van der Waals surface area contributed by atoms with Crippen molar-refractivity contribution in [3.05, 3.63) is 59.4 Å². The van der Waals surface area contributed by atoms with Gasteiger partial charge in [0, 0.05) is 0 Å². The molecule has 2 aromatic rings. The van der Waals surface area contributed by atoms with E-state index in [0.29, 0.717) is 0 Å². The predicted molar refractivity (Wildman–Crippen MR) is 73.9 cm³/mol. The number of para-hydroxylation sites is 1. The van der Waals surface area contributed by atoms with Gasteiger partial charge in [0.2, 0.25) is 0 Å². The summed E-state index contributed by atoms with van der Waals surface area (Å²) in [6.45, 7) is 1.44. The van der Waals surface area contributed by atoms with Crippen LogP contribution in [0.15, 0.2) is 47.4 Å². The minimum Gasteiger partial charge on any atom is -0.378 e. The van der Waals surface area contributed by atoms with Gasteiger partial charge >= 0.3 is 10.1 Å². The highest BCUT2D eigenvalue weighted by atomic mass is 32.2. The molecule has 7 heteroatoms. The normalized spacial score (nSPS) is 11.1. The zero-order valence-corrected chi connectivity index (χ0v) is 11.9. The second kappa shape index (κ2) is 5.53. The quantitative estimate of drug-likeness (QED) is 0.875. The van der Waals surface area contributed by atoms with E-state index in [1.54, 1.807) is 0 Å². The van der Waals surface area contributed by atoms with Crippen LogP contribution < -0.4 is 9.92 Å². The van der Waals surface area contributed by atoms with E-state index in [1.165, 1.54) is 31.2 Å². The maximum Gasteiger partial charge on any atom is 0.339 e. The molecule has 0 heterocycles. The Morgan fingerprint density at radius 2 is 1.86 bits per heavy atom. The van der Waals surface area contributed by atoms with Gasteiger partial charge in [0.25, 0.3) is 5.91 Å². The molecule has 0 aromatic heterocycles. The molecule has 0 bridgehead atoms. The number of nitrogens with two attached hydrogens (primary N) is 1. The van der Waals surface area contributed by atoms with Crippen LogP contribution in [0.5, 0.6) is 5.75 Å². The van der Waals surface area contributed by atoms with Gasteiger partial charge in [0.15, 0.2) is 5.75 Å². The van der Waals surface area contributed by atoms with E-state index in [9.17, 15) is 17.6 Å². The lowest BCUT2D eigenvalue weighted by molar-refractivity contribution is 0.0999. The number of hydrogen-bond acceptors (Lipinski definition) is 4. The maximum atomic E-state index is 13.2. The van der Waals surface area contributed by atoms with Crippen molar-refractivity contribution < 1.29 is 21.8 Å². The molecule has 0 spiro atoms. The van der Waals surface area contributed by atoms with Crippen LogP contribution in [0.3, 0.4) is 0 Å². The fourth-order valence-corrected chi connectivity index (χ4v) is 2.72. The first-order valence-corrected chi connectivity index (χ1v) is 7.31. The molecule has 21 heavy (non-hydrogen) atoms. The number of aryl methyl sites for hydroxylation is 1. The molecule has 5 nitrogen and oxygen atoms in total. The van der Waals surface area contributed by atoms with E-state index < -0.39 is 21.8 Å². The second-order valence-corrected chi connectivity index (χ2v) is 5.86. The summed E-state index contributed by atoms with van der Waals surface area (Å²) in [6, 6.07) is 8.97. The van der Waals surface area contributed by atoms with Crippen LogP contribution >= 0.6 is 0 Å². The first-order chi connectivity index (χ1) is 9.81. The van der Waals surface area contributed by atoms with Crippen LogP contribution in [-0.4, -0.2) is 14.3 Å². The number of amides is 1. The van der Waals surface area contributed by atoms with Crippen LogP contribution in [0.1, 0.15) is 15.9 Å². The molecule has 0 unspecified atom stereocenters. The molecule has 0 radical (unpaired) electrons. The molecule has 0 aliphatic heterocycles. The third-order valence-corrected chi connectivity index (χ3v) is 4.00. The van der Waals surface area contributed by atoms with Crippen LogP contribution in [0.4, 0.5) is 4.39 Å². The van der Waals surface area contributed by atoms with E-state index in [1.807, 2.05) is 0 Å². The smallest absolute Gasteiger partial charge is 0.339 e. The third kappa shape index (κ3) is 3.19. The van der Waals surface area contributed by atoms with Crippen LogP contribution in [0.2, 0.25) is 0 Å². The molecule has 0 saturated carbocycles. The summed E-state index contributed by atoms with van der Waals surface area (Å²) in [5, 5.41) is 0. The van der Waals surface area contributed by atoms with Gasteiger partial charge < -0.3 is 9.92 Å². The Kier molecular flexibility index (Phi) is 3.95. The van der Waals surface area contributed by atoms with Crippen molar-refractivity contribution >= 4 is 16.0 Å². The monoisotopic (exact) mass is 309 g/mol. The van der Waals surface area contributed by atoms with Crippen molar-refractivity contribution in [3.8, 4) is 5.75 Å². The molecule has 2 rings (SSSR count). The van der Waals surface area contributed by atoms with Gasteiger partial charge in [-0.25, -0.2) is 4.39 Å². The number of halogens is 1. The van der Waals surface area contributed by atoms with Crippen LogP contribution in [-0.2, 0) is 10.1 Å². The van der Waals surface area contributed by atoms with Gasteiger partial charge in [-0.1, -0.05) is 12.1 Å². The fourth-order valence-electron chi connectivity index (χ4n) is 1.68. The van der Waals surface area contributed by atoms with Crippen LogP contribution in [0.25, 0.3) is 0 Å². The summed E-state index contributed by atoms with van der Waals surface area (Å²) in [5.41, 5.74) is 5.27. The zero-order chi connectivity index (χ0) is 15.6. The summed E-state index contributed by atoms with van der Waals surface area (Å²) in [7, 11) is -4.18. The van der Waals surface area contributed by atoms with Crippen LogP contribution in [0, 0.1) is 12.7 Å². The highest BCUT2D eigenvalue weighted by Crippen LogP contribution is 2.23. The standard InChI is InChI=1S/C14H12FNO4S/c1-9-8-10(6-7-12(9)15)21(18,19)20-13-5-3-2-4-11(13)14(16)17/h2-8H,1H3,(H2,16,17). The zero-order valence-electron chi connectivity index (χ0n) is 11.0. The lowest BCUT2D eigenvalue weighted by Gasteiger charge is -2.10. The molecule has 0 atom stereocenters. The van der Waals surface area contributed by atoms with Gasteiger partial charge in [-0.05, 0) is 42.8 Å². The Balaban J connectivity index is 2.42. The summed E-state index contributed by atoms with van der Waals surface area (Å²) in [4.78, 5) is 11.0. The number of carbonyl (C=O) groups excluding carboxylic acids is 1. The van der Waals surface area contributed by atoms with Crippen molar-refractivity contribution in [2.24, 2.45) is 5.73 Å². The van der Waals surface area contributed by atoms with Crippen molar-refractivity contribution in [1.82, 2.24) is 0 Å². The number of hydrogen-bond donors (Lipinski definition) is 1. The van der Waals surface area contributed by atoms with Crippen molar-refractivity contribution in [2.45, 2.75) is 11.8 Å². The predicted octanol–water partition coefficient (Wildman–Crippen LogP) is 2.00. The summed E-state index contributed by atoms with van der Waals surface area (Å²) in [5.74, 6) is -1.51. The highest BCUT2D eigenvalue weighted by Gasteiger charge is 2.20. The Labute approximate surface area is 121 Å². The fraction of sp³-hybridized carbons (Fsp3) is 0.0714. The first kappa shape index (κ1) is 15.0. The Morgan fingerprint density at radius 3 is 2.48 bits per heavy atom. The van der Waals surface area contributed by atoms with Gasteiger partial charge in [0.05, 0.1) is 5.56 Å². The average Bonchev–Trinajstić information content (AvgIpc) is 2.41. The molecule has 0 aliphatic rings. The number of benzene rings is 2. The first-order valence-electron chi connectivity index (χ1n) is 5.91. The summed E-state index contributed by atoms with van der Waals surface area (Å²) < 4.78 is 42.4. The largest absolute Gasteiger partial charge is 0.378 e. The average molecular weight is 309 g/mol. The maximum absolute atomic E-state index is 13.2. The molecule has 0 saturated heterocycles. The van der Waals surface area contributed by atoms with E-state index in [0.717, 1.165) is 18.2 Å². The summed E-state index contributed by atoms with van der Waals surface area (Å²) >= 11 is 0. The van der Waals surface area contributed by atoms with E-state index in [-0.39, 0.29) is 21.8 Å². The number of primary amides is 1. The van der Waals surface area contributed by atoms with E-state index in [4.69, 9.17) is 9.92 Å². The SMILES string of the molecule is Cc1cc(S(=O)(=O)Oc2ccccc2C(N)=O)ccc1F. The highest BCUT2D eigenvalue weighted by molar-refractivity contribution is 7.87. The minimum atomic E-state index is -4.18. The van der Waals surface area contributed by atoms with E-state index in [2.05, 4.69) is 0 Å². The molecule has 1 amide bonds. The van der Waals surface area contributed by atoms with Crippen molar-refractivity contribution in [2.75, 3.05) is 0 Å². The molecule has 0 fully saturated rings. The lowest BCUT2D eigenvalue weighted by atomic mass is 10.2. The molecule has 2 N–H and O–H groups in total. The Hall–Kier alpha value is -2.41.